The largest absolute Gasteiger partial charge is 0.462 e. The van der Waals surface area contributed by atoms with Crippen LogP contribution in [0.25, 0.3) is 0 Å². The van der Waals surface area contributed by atoms with Crippen LogP contribution in [0, 0.1) is 6.92 Å². The molecule has 0 saturated heterocycles. The zero-order chi connectivity index (χ0) is 15.9. The van der Waals surface area contributed by atoms with Crippen LogP contribution in [0.1, 0.15) is 28.0 Å². The van der Waals surface area contributed by atoms with Crippen LogP contribution in [0.15, 0.2) is 34.0 Å². The van der Waals surface area contributed by atoms with Crippen molar-refractivity contribution in [3.63, 3.8) is 0 Å². The molecular formula is C15H16N2O3S2. The standard InChI is InChI=1S/C15H16N2O3S2/c1-10-8-21-15(17-10)22-9-11-4-2-3-5-12(11)14(19)20-7-6-13(16)18/h2-5,8H,6-7,9H2,1H3,(H2,16,18). The number of aromatic nitrogens is 1. The van der Waals surface area contributed by atoms with Gasteiger partial charge in [-0.3, -0.25) is 4.79 Å². The minimum atomic E-state index is -0.490. The van der Waals surface area contributed by atoms with Gasteiger partial charge in [-0.1, -0.05) is 30.0 Å². The summed E-state index contributed by atoms with van der Waals surface area (Å²) in [4.78, 5) is 27.1. The van der Waals surface area contributed by atoms with Crippen molar-refractivity contribution in [2.24, 2.45) is 5.73 Å². The molecule has 5 nitrogen and oxygen atoms in total. The summed E-state index contributed by atoms with van der Waals surface area (Å²) in [6, 6.07) is 7.27. The zero-order valence-corrected chi connectivity index (χ0v) is 13.7. The Bertz CT molecular complexity index is 670. The van der Waals surface area contributed by atoms with Gasteiger partial charge in [0.25, 0.3) is 0 Å². The van der Waals surface area contributed by atoms with E-state index in [1.807, 2.05) is 24.4 Å². The Hall–Kier alpha value is -1.86. The normalized spacial score (nSPS) is 10.4. The van der Waals surface area contributed by atoms with Crippen molar-refractivity contribution >= 4 is 35.0 Å². The van der Waals surface area contributed by atoms with Crippen LogP contribution in [-0.2, 0) is 15.3 Å². The van der Waals surface area contributed by atoms with E-state index in [-0.39, 0.29) is 13.0 Å². The third kappa shape index (κ3) is 4.85. The molecule has 1 aromatic heterocycles. The third-order valence-corrected chi connectivity index (χ3v) is 4.96. The summed E-state index contributed by atoms with van der Waals surface area (Å²) in [5.41, 5.74) is 7.40. The van der Waals surface area contributed by atoms with Gasteiger partial charge in [-0.25, -0.2) is 9.78 Å². The van der Waals surface area contributed by atoms with Crippen LogP contribution in [0.5, 0.6) is 0 Å². The molecule has 0 saturated carbocycles. The van der Waals surface area contributed by atoms with Crippen LogP contribution in [-0.4, -0.2) is 23.5 Å². The number of nitrogens with two attached hydrogens (primary N) is 1. The number of thioether (sulfide) groups is 1. The quantitative estimate of drug-likeness (QED) is 0.621. The van der Waals surface area contributed by atoms with E-state index in [4.69, 9.17) is 10.5 Å². The van der Waals surface area contributed by atoms with E-state index in [0.717, 1.165) is 15.6 Å². The number of aryl methyl sites for hydroxylation is 1. The number of ether oxygens (including phenoxy) is 1. The molecule has 0 atom stereocenters. The number of amides is 1. The van der Waals surface area contributed by atoms with Gasteiger partial charge >= 0.3 is 5.97 Å². The molecule has 0 aliphatic rings. The van der Waals surface area contributed by atoms with Gasteiger partial charge in [0.2, 0.25) is 5.91 Å². The highest BCUT2D eigenvalue weighted by Crippen LogP contribution is 2.27. The zero-order valence-electron chi connectivity index (χ0n) is 12.1. The first-order valence-electron chi connectivity index (χ1n) is 6.64. The average molecular weight is 336 g/mol. The van der Waals surface area contributed by atoms with E-state index >= 15 is 0 Å². The Labute approximate surface area is 136 Å². The number of hydrogen-bond acceptors (Lipinski definition) is 6. The average Bonchev–Trinajstić information content (AvgIpc) is 2.90. The minimum Gasteiger partial charge on any atom is -0.462 e. The number of primary amides is 1. The molecule has 22 heavy (non-hydrogen) atoms. The van der Waals surface area contributed by atoms with Crippen LogP contribution < -0.4 is 5.73 Å². The Balaban J connectivity index is 1.99. The van der Waals surface area contributed by atoms with Crippen molar-refractivity contribution in [2.45, 2.75) is 23.4 Å². The second-order valence-corrected chi connectivity index (χ2v) is 6.63. The molecule has 2 rings (SSSR count). The summed E-state index contributed by atoms with van der Waals surface area (Å²) in [7, 11) is 0. The molecule has 1 heterocycles. The van der Waals surface area contributed by atoms with E-state index in [2.05, 4.69) is 4.98 Å². The highest BCUT2D eigenvalue weighted by Gasteiger charge is 2.13. The molecule has 2 aromatic rings. The van der Waals surface area contributed by atoms with E-state index in [0.29, 0.717) is 11.3 Å². The van der Waals surface area contributed by atoms with Crippen LogP contribution >= 0.6 is 23.1 Å². The Morgan fingerprint density at radius 1 is 1.36 bits per heavy atom. The highest BCUT2D eigenvalue weighted by atomic mass is 32.2. The maximum absolute atomic E-state index is 12.1. The number of nitrogens with zero attached hydrogens (tertiary/aromatic N) is 1. The van der Waals surface area contributed by atoms with Gasteiger partial charge < -0.3 is 10.5 Å². The number of thiazole rings is 1. The van der Waals surface area contributed by atoms with E-state index in [9.17, 15) is 9.59 Å². The Morgan fingerprint density at radius 3 is 2.82 bits per heavy atom. The number of rotatable bonds is 7. The molecule has 0 bridgehead atoms. The topological polar surface area (TPSA) is 82.3 Å². The predicted octanol–water partition coefficient (Wildman–Crippen LogP) is 2.78. The molecule has 2 N–H and O–H groups in total. The molecule has 116 valence electrons. The molecule has 1 amide bonds. The van der Waals surface area contributed by atoms with E-state index in [1.165, 1.54) is 0 Å². The number of carbonyl (C=O) groups excluding carboxylic acids is 2. The van der Waals surface area contributed by atoms with Crippen molar-refractivity contribution in [1.29, 1.82) is 0 Å². The lowest BCUT2D eigenvalue weighted by atomic mass is 10.1. The van der Waals surface area contributed by atoms with Gasteiger partial charge in [0.05, 0.1) is 12.0 Å². The summed E-state index contributed by atoms with van der Waals surface area (Å²) >= 11 is 3.16. The number of carbonyl (C=O) groups is 2. The Morgan fingerprint density at radius 2 is 2.14 bits per heavy atom. The van der Waals surface area contributed by atoms with Crippen LogP contribution in [0.4, 0.5) is 0 Å². The van der Waals surface area contributed by atoms with Crippen molar-refractivity contribution < 1.29 is 14.3 Å². The van der Waals surface area contributed by atoms with E-state index in [1.54, 1.807) is 35.2 Å². The molecule has 0 fully saturated rings. The summed E-state index contributed by atoms with van der Waals surface area (Å²) in [5, 5.41) is 1.99. The maximum atomic E-state index is 12.1. The second-order valence-electron chi connectivity index (χ2n) is 4.55. The summed E-state index contributed by atoms with van der Waals surface area (Å²) in [5.74, 6) is -0.294. The van der Waals surface area contributed by atoms with Gasteiger partial charge in [-0.15, -0.1) is 11.3 Å². The monoisotopic (exact) mass is 336 g/mol. The van der Waals surface area contributed by atoms with Crippen molar-refractivity contribution in [1.82, 2.24) is 4.98 Å². The summed E-state index contributed by atoms with van der Waals surface area (Å²) in [6.07, 6.45) is 0.0288. The fourth-order valence-electron chi connectivity index (χ4n) is 1.71. The van der Waals surface area contributed by atoms with E-state index < -0.39 is 11.9 Å². The molecule has 0 aliphatic heterocycles. The number of hydrogen-bond donors (Lipinski definition) is 1. The fraction of sp³-hybridized carbons (Fsp3) is 0.267. The first-order valence-corrected chi connectivity index (χ1v) is 8.51. The third-order valence-electron chi connectivity index (χ3n) is 2.77. The second kappa shape index (κ2) is 7.95. The number of esters is 1. The first-order chi connectivity index (χ1) is 10.6. The van der Waals surface area contributed by atoms with Crippen molar-refractivity contribution in [2.75, 3.05) is 6.61 Å². The molecule has 0 spiro atoms. The molecule has 7 heteroatoms. The highest BCUT2D eigenvalue weighted by molar-refractivity contribution is 8.00. The van der Waals surface area contributed by atoms with Crippen LogP contribution in [0.2, 0.25) is 0 Å². The molecule has 0 aliphatic carbocycles. The molecule has 1 aromatic carbocycles. The van der Waals surface area contributed by atoms with Crippen molar-refractivity contribution in [3.05, 3.63) is 46.5 Å². The van der Waals surface area contributed by atoms with Gasteiger partial charge in [0.15, 0.2) is 0 Å². The smallest absolute Gasteiger partial charge is 0.338 e. The minimum absolute atomic E-state index is 0.00131. The lowest BCUT2D eigenvalue weighted by Crippen LogP contribution is -2.16. The lowest BCUT2D eigenvalue weighted by Gasteiger charge is -2.08. The summed E-state index contributed by atoms with van der Waals surface area (Å²) in [6.45, 7) is 1.95. The Kier molecular flexibility index (Phi) is 5.97. The maximum Gasteiger partial charge on any atom is 0.338 e. The molecular weight excluding hydrogens is 320 g/mol. The lowest BCUT2D eigenvalue weighted by molar-refractivity contribution is -0.118. The van der Waals surface area contributed by atoms with Gasteiger partial charge in [-0.05, 0) is 18.6 Å². The molecule has 0 radical (unpaired) electrons. The van der Waals surface area contributed by atoms with Gasteiger partial charge in [-0.2, -0.15) is 0 Å². The fourth-order valence-corrected chi connectivity index (χ4v) is 3.56. The van der Waals surface area contributed by atoms with Crippen molar-refractivity contribution in [3.8, 4) is 0 Å². The first kappa shape index (κ1) is 16.5. The van der Waals surface area contributed by atoms with Gasteiger partial charge in [0, 0.05) is 16.8 Å². The number of benzene rings is 1. The van der Waals surface area contributed by atoms with Gasteiger partial charge in [0.1, 0.15) is 10.9 Å². The summed E-state index contributed by atoms with van der Waals surface area (Å²) < 4.78 is 6.04. The molecule has 0 unspecified atom stereocenters. The SMILES string of the molecule is Cc1csc(SCc2ccccc2C(=O)OCCC(N)=O)n1. The van der Waals surface area contributed by atoms with Crippen LogP contribution in [0.3, 0.4) is 0 Å². The predicted molar refractivity (Wildman–Crippen MR) is 86.9 cm³/mol.